The van der Waals surface area contributed by atoms with Gasteiger partial charge in [0.25, 0.3) is 0 Å². The minimum absolute atomic E-state index is 0.486. The first kappa shape index (κ1) is 9.43. The molecule has 0 aromatic heterocycles. The van der Waals surface area contributed by atoms with E-state index < -0.39 is 18.0 Å². The van der Waals surface area contributed by atoms with E-state index in [0.29, 0.717) is 6.42 Å². The van der Waals surface area contributed by atoms with Crippen molar-refractivity contribution in [2.24, 2.45) is 5.92 Å². The summed E-state index contributed by atoms with van der Waals surface area (Å²) in [4.78, 5) is 10.3. The van der Waals surface area contributed by atoms with Gasteiger partial charge in [-0.3, -0.25) is 0 Å². The van der Waals surface area contributed by atoms with E-state index in [-0.39, 0.29) is 0 Å². The third-order valence-corrected chi connectivity index (χ3v) is 1.48. The smallest absolute Gasteiger partial charge is 0.0592 e. The zero-order valence-corrected chi connectivity index (χ0v) is 6.33. The maximum absolute atomic E-state index is 10.3. The standard InChI is InChI=1S/C7H14O3/c1-3-4-6(5(2)8)7(9)10/h5-6,8H,3-4H2,1-2H3,(H,9,10)/p-1. The van der Waals surface area contributed by atoms with Crippen molar-refractivity contribution >= 4 is 5.97 Å². The molecule has 0 saturated carbocycles. The Morgan fingerprint density at radius 1 is 1.70 bits per heavy atom. The lowest BCUT2D eigenvalue weighted by atomic mass is 9.99. The number of carbonyl (C=O) groups excluding carboxylic acids is 1. The van der Waals surface area contributed by atoms with E-state index in [0.717, 1.165) is 6.42 Å². The Hall–Kier alpha value is -0.570. The van der Waals surface area contributed by atoms with E-state index >= 15 is 0 Å². The fraction of sp³-hybridized carbons (Fsp3) is 0.857. The number of carbonyl (C=O) groups is 1. The molecular weight excluding hydrogens is 132 g/mol. The van der Waals surface area contributed by atoms with Gasteiger partial charge in [-0.25, -0.2) is 0 Å². The lowest BCUT2D eigenvalue weighted by Gasteiger charge is -2.19. The molecule has 3 heteroatoms. The Bertz CT molecular complexity index is 109. The predicted molar refractivity (Wildman–Crippen MR) is 35.1 cm³/mol. The molecule has 0 aromatic carbocycles. The number of aliphatic hydroxyl groups is 1. The van der Waals surface area contributed by atoms with Crippen molar-refractivity contribution in [3.05, 3.63) is 0 Å². The van der Waals surface area contributed by atoms with Crippen LogP contribution in [0.3, 0.4) is 0 Å². The average Bonchev–Trinajstić information content (AvgIpc) is 1.81. The molecule has 3 nitrogen and oxygen atoms in total. The largest absolute Gasteiger partial charge is 0.550 e. The third kappa shape index (κ3) is 2.82. The molecule has 0 aliphatic carbocycles. The minimum Gasteiger partial charge on any atom is -0.550 e. The van der Waals surface area contributed by atoms with E-state index in [4.69, 9.17) is 5.11 Å². The van der Waals surface area contributed by atoms with Gasteiger partial charge in [0, 0.05) is 11.9 Å². The molecule has 0 amide bonds. The molecule has 10 heavy (non-hydrogen) atoms. The number of carboxylic acid groups (broad SMARTS) is 1. The number of hydrogen-bond donors (Lipinski definition) is 1. The fourth-order valence-electron chi connectivity index (χ4n) is 0.867. The van der Waals surface area contributed by atoms with Crippen molar-refractivity contribution in [2.75, 3.05) is 0 Å². The van der Waals surface area contributed by atoms with Gasteiger partial charge in [-0.2, -0.15) is 0 Å². The van der Waals surface area contributed by atoms with E-state index in [1.54, 1.807) is 0 Å². The molecule has 0 saturated heterocycles. The first-order chi connectivity index (χ1) is 4.59. The van der Waals surface area contributed by atoms with Crippen LogP contribution >= 0.6 is 0 Å². The highest BCUT2D eigenvalue weighted by molar-refractivity contribution is 5.68. The monoisotopic (exact) mass is 145 g/mol. The molecule has 0 fully saturated rings. The van der Waals surface area contributed by atoms with Crippen LogP contribution in [0.4, 0.5) is 0 Å². The van der Waals surface area contributed by atoms with Gasteiger partial charge >= 0.3 is 0 Å². The lowest BCUT2D eigenvalue weighted by Crippen LogP contribution is -2.37. The van der Waals surface area contributed by atoms with Crippen molar-refractivity contribution in [3.8, 4) is 0 Å². The van der Waals surface area contributed by atoms with Crippen molar-refractivity contribution in [1.82, 2.24) is 0 Å². The number of carboxylic acids is 1. The van der Waals surface area contributed by atoms with Crippen LogP contribution in [-0.2, 0) is 4.79 Å². The third-order valence-electron chi connectivity index (χ3n) is 1.48. The Balaban J connectivity index is 3.85. The van der Waals surface area contributed by atoms with E-state index in [1.165, 1.54) is 6.92 Å². The van der Waals surface area contributed by atoms with Crippen molar-refractivity contribution < 1.29 is 15.0 Å². The summed E-state index contributed by atoms with van der Waals surface area (Å²) < 4.78 is 0. The van der Waals surface area contributed by atoms with E-state index in [2.05, 4.69) is 0 Å². The SMILES string of the molecule is CCCC(C(=O)[O-])C(C)O. The van der Waals surface area contributed by atoms with Crippen LogP contribution in [0.1, 0.15) is 26.7 Å². The molecule has 0 aromatic rings. The second-order valence-electron chi connectivity index (χ2n) is 2.45. The van der Waals surface area contributed by atoms with Gasteiger partial charge in [0.2, 0.25) is 0 Å². The molecule has 0 radical (unpaired) electrons. The molecule has 0 bridgehead atoms. The number of aliphatic carboxylic acids is 1. The number of rotatable bonds is 4. The quantitative estimate of drug-likeness (QED) is 0.582. The summed E-state index contributed by atoms with van der Waals surface area (Å²) in [7, 11) is 0. The topological polar surface area (TPSA) is 60.4 Å². The Labute approximate surface area is 60.7 Å². The summed E-state index contributed by atoms with van der Waals surface area (Å²) in [6.07, 6.45) is 0.439. The van der Waals surface area contributed by atoms with Crippen molar-refractivity contribution in [2.45, 2.75) is 32.8 Å². The summed E-state index contributed by atoms with van der Waals surface area (Å²) in [5.74, 6) is -1.86. The van der Waals surface area contributed by atoms with Crippen LogP contribution in [0.2, 0.25) is 0 Å². The molecule has 0 spiro atoms. The fourth-order valence-corrected chi connectivity index (χ4v) is 0.867. The summed E-state index contributed by atoms with van der Waals surface area (Å²) in [6.45, 7) is 3.34. The molecule has 2 unspecified atom stereocenters. The van der Waals surface area contributed by atoms with Gasteiger partial charge in [-0.05, 0) is 13.3 Å². The van der Waals surface area contributed by atoms with Crippen LogP contribution in [-0.4, -0.2) is 17.2 Å². The first-order valence-electron chi connectivity index (χ1n) is 3.48. The number of hydrogen-bond acceptors (Lipinski definition) is 3. The normalized spacial score (nSPS) is 16.3. The molecule has 2 atom stereocenters. The molecule has 0 heterocycles. The van der Waals surface area contributed by atoms with Crippen molar-refractivity contribution in [3.63, 3.8) is 0 Å². The molecule has 0 aliphatic heterocycles. The average molecular weight is 145 g/mol. The summed E-state index contributed by atoms with van der Waals surface area (Å²) in [5.41, 5.74) is 0. The maximum Gasteiger partial charge on any atom is 0.0592 e. The molecule has 1 N–H and O–H groups in total. The van der Waals surface area contributed by atoms with Crippen LogP contribution in [0.5, 0.6) is 0 Å². The predicted octanol–water partition coefficient (Wildman–Crippen LogP) is -0.467. The zero-order chi connectivity index (χ0) is 8.15. The zero-order valence-electron chi connectivity index (χ0n) is 6.33. The Kier molecular flexibility index (Phi) is 4.03. The summed E-state index contributed by atoms with van der Waals surface area (Å²) >= 11 is 0. The Morgan fingerprint density at radius 2 is 2.20 bits per heavy atom. The van der Waals surface area contributed by atoms with Crippen LogP contribution < -0.4 is 5.11 Å². The van der Waals surface area contributed by atoms with E-state index in [1.807, 2.05) is 6.92 Å². The summed E-state index contributed by atoms with van der Waals surface area (Å²) in [6, 6.07) is 0. The molecule has 60 valence electrons. The lowest BCUT2D eigenvalue weighted by molar-refractivity contribution is -0.314. The van der Waals surface area contributed by atoms with Crippen LogP contribution in [0.25, 0.3) is 0 Å². The van der Waals surface area contributed by atoms with Crippen LogP contribution in [0.15, 0.2) is 0 Å². The second kappa shape index (κ2) is 4.28. The van der Waals surface area contributed by atoms with E-state index in [9.17, 15) is 9.90 Å². The molecular formula is C7H13O3-. The number of aliphatic hydroxyl groups excluding tert-OH is 1. The van der Waals surface area contributed by atoms with Gasteiger partial charge in [0.15, 0.2) is 0 Å². The van der Waals surface area contributed by atoms with Gasteiger partial charge in [0.05, 0.1) is 6.10 Å². The van der Waals surface area contributed by atoms with Gasteiger partial charge in [-0.1, -0.05) is 13.3 Å². The molecule has 0 aliphatic rings. The van der Waals surface area contributed by atoms with Gasteiger partial charge in [-0.15, -0.1) is 0 Å². The molecule has 0 rings (SSSR count). The van der Waals surface area contributed by atoms with Gasteiger partial charge < -0.3 is 15.0 Å². The maximum atomic E-state index is 10.3. The Morgan fingerprint density at radius 3 is 2.30 bits per heavy atom. The highest BCUT2D eigenvalue weighted by Gasteiger charge is 2.14. The summed E-state index contributed by atoms with van der Waals surface area (Å²) in [5, 5.41) is 19.2. The first-order valence-corrected chi connectivity index (χ1v) is 3.48. The second-order valence-corrected chi connectivity index (χ2v) is 2.45. The highest BCUT2D eigenvalue weighted by Crippen LogP contribution is 2.09. The van der Waals surface area contributed by atoms with Crippen LogP contribution in [0, 0.1) is 5.92 Å². The van der Waals surface area contributed by atoms with Crippen molar-refractivity contribution in [1.29, 1.82) is 0 Å². The highest BCUT2D eigenvalue weighted by atomic mass is 16.4. The minimum atomic E-state index is -1.16. The van der Waals surface area contributed by atoms with Gasteiger partial charge in [0.1, 0.15) is 0 Å².